The summed E-state index contributed by atoms with van der Waals surface area (Å²) in [6, 6.07) is 19.5. The number of fused-ring (bicyclic) bond motifs is 2. The summed E-state index contributed by atoms with van der Waals surface area (Å²) >= 11 is 0. The van der Waals surface area contributed by atoms with E-state index in [-0.39, 0.29) is 18.2 Å². The molecule has 0 saturated carbocycles. The van der Waals surface area contributed by atoms with E-state index in [4.69, 9.17) is 4.74 Å². The smallest absolute Gasteiger partial charge is 0.410 e. The quantitative estimate of drug-likeness (QED) is 0.102. The molecule has 3 aromatic carbocycles. The highest BCUT2D eigenvalue weighted by molar-refractivity contribution is 6.02. The van der Waals surface area contributed by atoms with E-state index in [2.05, 4.69) is 87.2 Å². The number of carbonyl (C=O) groups excluding carboxylic acids is 1. The predicted octanol–water partition coefficient (Wildman–Crippen LogP) is 12.0. The van der Waals surface area contributed by atoms with Crippen LogP contribution < -0.4 is 0 Å². The Morgan fingerprint density at radius 1 is 0.634 bits per heavy atom. The Bertz CT molecular complexity index is 1080. The maximum Gasteiger partial charge on any atom is 0.410 e. The van der Waals surface area contributed by atoms with Crippen LogP contribution in [0.4, 0.5) is 4.79 Å². The van der Waals surface area contributed by atoms with E-state index in [1.54, 1.807) is 0 Å². The number of carbonyl (C=O) groups is 1. The summed E-state index contributed by atoms with van der Waals surface area (Å²) in [5.74, 6) is 0. The van der Waals surface area contributed by atoms with Crippen molar-refractivity contribution >= 4 is 27.6 Å². The van der Waals surface area contributed by atoms with Gasteiger partial charge < -0.3 is 9.64 Å². The first-order valence-corrected chi connectivity index (χ1v) is 16.9. The summed E-state index contributed by atoms with van der Waals surface area (Å²) in [5, 5.41) is 4.71. The molecule has 1 amide bonds. The molecule has 0 spiro atoms. The van der Waals surface area contributed by atoms with E-state index in [1.807, 2.05) is 0 Å². The number of benzene rings is 3. The highest BCUT2D eigenvalue weighted by Crippen LogP contribution is 2.30. The lowest BCUT2D eigenvalue weighted by Gasteiger charge is -2.34. The molecule has 3 heteroatoms. The molecule has 0 radical (unpaired) electrons. The van der Waals surface area contributed by atoms with Crippen LogP contribution in [0.2, 0.25) is 0 Å². The minimum atomic E-state index is -0.159. The molecule has 3 rings (SSSR count). The molecular formula is C38H57NO2. The number of rotatable bonds is 20. The Balaban J connectivity index is 1.65. The summed E-state index contributed by atoms with van der Waals surface area (Å²) in [6.07, 6.45) is 20.0. The zero-order valence-electron chi connectivity index (χ0n) is 26.6. The van der Waals surface area contributed by atoms with Crippen LogP contribution in [0.5, 0.6) is 0 Å². The van der Waals surface area contributed by atoms with Crippen molar-refractivity contribution in [2.45, 2.75) is 149 Å². The third-order valence-corrected chi connectivity index (χ3v) is 8.83. The number of amides is 1. The number of nitrogens with zero attached hydrogens (tertiary/aromatic N) is 1. The minimum Gasteiger partial charge on any atom is -0.444 e. The van der Waals surface area contributed by atoms with E-state index >= 15 is 0 Å². The Hall–Kier alpha value is -2.55. The van der Waals surface area contributed by atoms with Crippen LogP contribution in [0.3, 0.4) is 0 Å². The standard InChI is InChI=1S/C38H57NO2/c1-5-7-9-11-13-15-17-23-31(3)39(32(4)24-18-16-14-12-10-8-6-2)38(40)41-30-37-35-27-21-19-25-33(35)29-34-26-20-22-28-36(34)37/h19-22,25-29,31-32H,5-18,23-24,30H2,1-4H3. The topological polar surface area (TPSA) is 29.5 Å². The molecule has 0 saturated heterocycles. The van der Waals surface area contributed by atoms with Gasteiger partial charge in [0.1, 0.15) is 6.61 Å². The summed E-state index contributed by atoms with van der Waals surface area (Å²) in [6.45, 7) is 9.29. The van der Waals surface area contributed by atoms with Crippen molar-refractivity contribution in [2.24, 2.45) is 0 Å². The monoisotopic (exact) mass is 559 g/mol. The van der Waals surface area contributed by atoms with Crippen LogP contribution >= 0.6 is 0 Å². The van der Waals surface area contributed by atoms with Gasteiger partial charge in [-0.05, 0) is 54.3 Å². The van der Waals surface area contributed by atoms with Crippen LogP contribution in [0.1, 0.15) is 136 Å². The molecule has 0 aliphatic rings. The summed E-state index contributed by atoms with van der Waals surface area (Å²) in [4.78, 5) is 15.9. The van der Waals surface area contributed by atoms with Crippen molar-refractivity contribution in [1.82, 2.24) is 4.90 Å². The lowest BCUT2D eigenvalue weighted by molar-refractivity contribution is 0.0630. The molecule has 41 heavy (non-hydrogen) atoms. The molecule has 3 nitrogen and oxygen atoms in total. The second-order valence-electron chi connectivity index (χ2n) is 12.3. The Morgan fingerprint density at radius 2 is 1.05 bits per heavy atom. The maximum absolute atomic E-state index is 13.8. The predicted molar refractivity (Wildman–Crippen MR) is 178 cm³/mol. The molecular weight excluding hydrogens is 502 g/mol. The second-order valence-corrected chi connectivity index (χ2v) is 12.3. The van der Waals surface area contributed by atoms with Crippen molar-refractivity contribution in [3.63, 3.8) is 0 Å². The van der Waals surface area contributed by atoms with Gasteiger partial charge in [0.2, 0.25) is 0 Å². The molecule has 0 aliphatic heterocycles. The normalized spacial score (nSPS) is 13.0. The molecule has 0 N–H and O–H groups in total. The second kappa shape index (κ2) is 18.8. The average Bonchev–Trinajstić information content (AvgIpc) is 2.98. The van der Waals surface area contributed by atoms with E-state index in [1.165, 1.54) is 101 Å². The third-order valence-electron chi connectivity index (χ3n) is 8.83. The molecule has 0 aliphatic carbocycles. The van der Waals surface area contributed by atoms with E-state index in [9.17, 15) is 4.79 Å². The Labute approximate surface area is 251 Å². The van der Waals surface area contributed by atoms with Gasteiger partial charge in [-0.25, -0.2) is 4.79 Å². The van der Waals surface area contributed by atoms with Crippen LogP contribution in [-0.2, 0) is 11.3 Å². The van der Waals surface area contributed by atoms with Crippen LogP contribution in [0.15, 0.2) is 54.6 Å². The fourth-order valence-corrected chi connectivity index (χ4v) is 6.34. The SMILES string of the molecule is CCCCCCCCCC(C)N(C(=O)OCc1c2ccccc2cc2ccccc12)C(C)CCCCCCCCC. The van der Waals surface area contributed by atoms with Crippen molar-refractivity contribution in [1.29, 1.82) is 0 Å². The van der Waals surface area contributed by atoms with Gasteiger partial charge in [-0.15, -0.1) is 0 Å². The van der Waals surface area contributed by atoms with E-state index in [0.717, 1.165) is 29.2 Å². The van der Waals surface area contributed by atoms with Gasteiger partial charge in [-0.3, -0.25) is 0 Å². The number of hydrogen-bond donors (Lipinski definition) is 0. The first-order valence-electron chi connectivity index (χ1n) is 16.9. The first kappa shape index (κ1) is 33.0. The van der Waals surface area contributed by atoms with Gasteiger partial charge >= 0.3 is 6.09 Å². The molecule has 2 unspecified atom stereocenters. The van der Waals surface area contributed by atoms with E-state index in [0.29, 0.717) is 6.61 Å². The van der Waals surface area contributed by atoms with Gasteiger partial charge in [0.15, 0.2) is 0 Å². The largest absolute Gasteiger partial charge is 0.444 e. The molecule has 0 bridgehead atoms. The van der Waals surface area contributed by atoms with Crippen LogP contribution in [0, 0.1) is 0 Å². The minimum absolute atomic E-state index is 0.159. The van der Waals surface area contributed by atoms with Crippen LogP contribution in [0.25, 0.3) is 21.5 Å². The van der Waals surface area contributed by atoms with Crippen LogP contribution in [-0.4, -0.2) is 23.1 Å². The van der Waals surface area contributed by atoms with Crippen molar-refractivity contribution in [3.05, 3.63) is 60.2 Å². The zero-order chi connectivity index (χ0) is 29.3. The fraction of sp³-hybridized carbons (Fsp3) is 0.605. The molecule has 0 fully saturated rings. The number of ether oxygens (including phenoxy) is 1. The van der Waals surface area contributed by atoms with Gasteiger partial charge in [0, 0.05) is 17.6 Å². The molecule has 226 valence electrons. The lowest BCUT2D eigenvalue weighted by Crippen LogP contribution is -2.45. The summed E-state index contributed by atoms with van der Waals surface area (Å²) < 4.78 is 6.18. The van der Waals surface area contributed by atoms with Crippen molar-refractivity contribution < 1.29 is 9.53 Å². The number of unbranched alkanes of at least 4 members (excludes halogenated alkanes) is 12. The Kier molecular flexibility index (Phi) is 15.1. The van der Waals surface area contributed by atoms with Gasteiger partial charge in [-0.2, -0.15) is 0 Å². The molecule has 0 heterocycles. The fourth-order valence-electron chi connectivity index (χ4n) is 6.34. The maximum atomic E-state index is 13.8. The molecule has 3 aromatic rings. The lowest BCUT2D eigenvalue weighted by atomic mass is 9.97. The molecule has 0 aromatic heterocycles. The molecule has 2 atom stereocenters. The average molecular weight is 560 g/mol. The Morgan fingerprint density at radius 3 is 1.51 bits per heavy atom. The summed E-state index contributed by atoms with van der Waals surface area (Å²) in [5.41, 5.74) is 1.10. The van der Waals surface area contributed by atoms with Crippen molar-refractivity contribution in [3.8, 4) is 0 Å². The highest BCUT2D eigenvalue weighted by Gasteiger charge is 2.27. The number of hydrogen-bond acceptors (Lipinski definition) is 2. The first-order chi connectivity index (χ1) is 20.1. The zero-order valence-corrected chi connectivity index (χ0v) is 26.6. The van der Waals surface area contributed by atoms with Gasteiger partial charge in [-0.1, -0.05) is 152 Å². The van der Waals surface area contributed by atoms with E-state index < -0.39 is 0 Å². The third kappa shape index (κ3) is 10.7. The van der Waals surface area contributed by atoms with Gasteiger partial charge in [0.25, 0.3) is 0 Å². The highest BCUT2D eigenvalue weighted by atomic mass is 16.6. The summed E-state index contributed by atoms with van der Waals surface area (Å²) in [7, 11) is 0. The van der Waals surface area contributed by atoms with Gasteiger partial charge in [0.05, 0.1) is 0 Å². The van der Waals surface area contributed by atoms with Crippen molar-refractivity contribution in [2.75, 3.05) is 0 Å².